The zero-order valence-corrected chi connectivity index (χ0v) is 15.7. The molecule has 0 saturated carbocycles. The molecule has 1 amide bonds. The SMILES string of the molecule is CC(C)CN(CC(C)C)C(=O)CSc1n[nH]c(-c2cccs2)n1. The summed E-state index contributed by atoms with van der Waals surface area (Å²) in [6.45, 7) is 10.1. The molecule has 2 aromatic rings. The Labute approximate surface area is 145 Å². The van der Waals surface area contributed by atoms with Gasteiger partial charge < -0.3 is 4.90 Å². The molecule has 0 atom stereocenters. The monoisotopic (exact) mass is 352 g/mol. The van der Waals surface area contributed by atoms with Gasteiger partial charge in [-0.3, -0.25) is 9.89 Å². The van der Waals surface area contributed by atoms with Crippen molar-refractivity contribution in [2.75, 3.05) is 18.8 Å². The van der Waals surface area contributed by atoms with E-state index in [2.05, 4.69) is 42.9 Å². The minimum Gasteiger partial charge on any atom is -0.341 e. The molecule has 0 radical (unpaired) electrons. The maximum atomic E-state index is 12.5. The van der Waals surface area contributed by atoms with Gasteiger partial charge in [0, 0.05) is 13.1 Å². The number of carbonyl (C=O) groups excluding carboxylic acids is 1. The molecule has 0 bridgehead atoms. The van der Waals surface area contributed by atoms with Crippen molar-refractivity contribution in [3.8, 4) is 10.7 Å². The second-order valence-electron chi connectivity index (χ2n) is 6.32. The summed E-state index contributed by atoms with van der Waals surface area (Å²) >= 11 is 3.00. The minimum absolute atomic E-state index is 0.153. The van der Waals surface area contributed by atoms with Gasteiger partial charge in [-0.2, -0.15) is 0 Å². The second-order valence-corrected chi connectivity index (χ2v) is 8.21. The number of H-pyrrole nitrogens is 1. The molecular formula is C16H24N4OS2. The highest BCUT2D eigenvalue weighted by Gasteiger charge is 2.17. The van der Waals surface area contributed by atoms with Crippen LogP contribution >= 0.6 is 23.1 Å². The quantitative estimate of drug-likeness (QED) is 0.735. The number of rotatable bonds is 8. The summed E-state index contributed by atoms with van der Waals surface area (Å²) in [6, 6.07) is 3.98. The Morgan fingerprint density at radius 3 is 2.57 bits per heavy atom. The molecule has 2 rings (SSSR count). The molecular weight excluding hydrogens is 328 g/mol. The summed E-state index contributed by atoms with van der Waals surface area (Å²) in [4.78, 5) is 19.9. The van der Waals surface area contributed by atoms with E-state index in [1.54, 1.807) is 11.3 Å². The number of nitrogens with one attached hydrogen (secondary N) is 1. The Bertz CT molecular complexity index is 597. The van der Waals surface area contributed by atoms with Crippen LogP contribution in [0.15, 0.2) is 22.7 Å². The number of aromatic nitrogens is 3. The molecule has 0 fully saturated rings. The largest absolute Gasteiger partial charge is 0.341 e. The van der Waals surface area contributed by atoms with E-state index >= 15 is 0 Å². The van der Waals surface area contributed by atoms with Crippen LogP contribution in [0.1, 0.15) is 27.7 Å². The topological polar surface area (TPSA) is 61.9 Å². The van der Waals surface area contributed by atoms with Crippen molar-refractivity contribution in [3.05, 3.63) is 17.5 Å². The van der Waals surface area contributed by atoms with E-state index in [0.717, 1.165) is 23.8 Å². The van der Waals surface area contributed by atoms with Gasteiger partial charge in [0.15, 0.2) is 5.82 Å². The lowest BCUT2D eigenvalue weighted by molar-refractivity contribution is -0.129. The maximum Gasteiger partial charge on any atom is 0.233 e. The number of carbonyl (C=O) groups is 1. The van der Waals surface area contributed by atoms with Crippen LogP contribution in [0.3, 0.4) is 0 Å². The number of thioether (sulfide) groups is 1. The van der Waals surface area contributed by atoms with Crippen molar-refractivity contribution in [1.29, 1.82) is 0 Å². The normalized spacial score (nSPS) is 11.4. The molecule has 0 aliphatic heterocycles. The van der Waals surface area contributed by atoms with Crippen molar-refractivity contribution in [2.45, 2.75) is 32.9 Å². The van der Waals surface area contributed by atoms with Crippen molar-refractivity contribution >= 4 is 29.0 Å². The standard InChI is InChI=1S/C16H24N4OS2/c1-11(2)8-20(9-12(3)4)14(21)10-23-16-17-15(18-19-16)13-6-5-7-22-13/h5-7,11-12H,8-10H2,1-4H3,(H,17,18,19). The Hall–Kier alpha value is -1.34. The zero-order chi connectivity index (χ0) is 16.8. The van der Waals surface area contributed by atoms with E-state index in [9.17, 15) is 4.79 Å². The van der Waals surface area contributed by atoms with Gasteiger partial charge >= 0.3 is 0 Å². The number of hydrogen-bond donors (Lipinski definition) is 1. The molecule has 0 aliphatic carbocycles. The van der Waals surface area contributed by atoms with Crippen LogP contribution in [-0.2, 0) is 4.79 Å². The Morgan fingerprint density at radius 2 is 2.00 bits per heavy atom. The number of nitrogens with zero attached hydrogens (tertiary/aromatic N) is 3. The van der Waals surface area contributed by atoms with Gasteiger partial charge in [0.05, 0.1) is 10.6 Å². The first-order valence-electron chi connectivity index (χ1n) is 7.82. The highest BCUT2D eigenvalue weighted by Crippen LogP contribution is 2.23. The average Bonchev–Trinajstić information content (AvgIpc) is 3.13. The summed E-state index contributed by atoms with van der Waals surface area (Å²) in [5.41, 5.74) is 0. The first kappa shape index (κ1) is 18.0. The molecule has 0 aromatic carbocycles. The van der Waals surface area contributed by atoms with Crippen LogP contribution in [0.4, 0.5) is 0 Å². The summed E-state index contributed by atoms with van der Waals surface area (Å²) in [5.74, 6) is 2.23. The fraction of sp³-hybridized carbons (Fsp3) is 0.562. The fourth-order valence-corrected chi connectivity index (χ4v) is 3.58. The highest BCUT2D eigenvalue weighted by atomic mass is 32.2. The molecule has 5 nitrogen and oxygen atoms in total. The average molecular weight is 353 g/mol. The fourth-order valence-electron chi connectivity index (χ4n) is 2.21. The molecule has 126 valence electrons. The molecule has 0 aliphatic rings. The molecule has 7 heteroatoms. The minimum atomic E-state index is 0.153. The maximum absolute atomic E-state index is 12.5. The van der Waals surface area contributed by atoms with Gasteiger partial charge in [0.2, 0.25) is 11.1 Å². The number of amides is 1. The van der Waals surface area contributed by atoms with E-state index < -0.39 is 0 Å². The van der Waals surface area contributed by atoms with Gasteiger partial charge in [-0.25, -0.2) is 4.98 Å². The van der Waals surface area contributed by atoms with Crippen LogP contribution in [0.5, 0.6) is 0 Å². The molecule has 2 aromatic heterocycles. The lowest BCUT2D eigenvalue weighted by Crippen LogP contribution is -2.38. The smallest absolute Gasteiger partial charge is 0.233 e. The van der Waals surface area contributed by atoms with Gasteiger partial charge in [-0.05, 0) is 23.3 Å². The van der Waals surface area contributed by atoms with Crippen LogP contribution in [0, 0.1) is 11.8 Å². The third kappa shape index (κ3) is 5.66. The van der Waals surface area contributed by atoms with Crippen LogP contribution in [0.25, 0.3) is 10.7 Å². The van der Waals surface area contributed by atoms with E-state index in [4.69, 9.17) is 0 Å². The van der Waals surface area contributed by atoms with E-state index in [1.165, 1.54) is 11.8 Å². The third-order valence-corrected chi connectivity index (χ3v) is 4.78. The lowest BCUT2D eigenvalue weighted by Gasteiger charge is -2.26. The summed E-state index contributed by atoms with van der Waals surface area (Å²) in [7, 11) is 0. The first-order chi connectivity index (χ1) is 11.0. The molecule has 23 heavy (non-hydrogen) atoms. The van der Waals surface area contributed by atoms with Crippen molar-refractivity contribution in [2.24, 2.45) is 11.8 Å². The second kappa shape index (κ2) is 8.49. The van der Waals surface area contributed by atoms with Gasteiger partial charge in [-0.1, -0.05) is 45.5 Å². The van der Waals surface area contributed by atoms with Crippen LogP contribution in [0.2, 0.25) is 0 Å². The first-order valence-corrected chi connectivity index (χ1v) is 9.69. The predicted molar refractivity (Wildman–Crippen MR) is 96.7 cm³/mol. The Morgan fingerprint density at radius 1 is 1.30 bits per heavy atom. The molecule has 0 saturated heterocycles. The number of thiophene rings is 1. The van der Waals surface area contributed by atoms with Crippen LogP contribution < -0.4 is 0 Å². The van der Waals surface area contributed by atoms with E-state index in [-0.39, 0.29) is 5.91 Å². The Balaban J connectivity index is 1.91. The zero-order valence-electron chi connectivity index (χ0n) is 14.1. The Kier molecular flexibility index (Phi) is 6.65. The van der Waals surface area contributed by atoms with Crippen molar-refractivity contribution in [3.63, 3.8) is 0 Å². The summed E-state index contributed by atoms with van der Waals surface area (Å²) in [5, 5.41) is 9.74. The van der Waals surface area contributed by atoms with E-state index in [0.29, 0.717) is 22.7 Å². The van der Waals surface area contributed by atoms with E-state index in [1.807, 2.05) is 22.4 Å². The summed E-state index contributed by atoms with van der Waals surface area (Å²) in [6.07, 6.45) is 0. The van der Waals surface area contributed by atoms with Crippen LogP contribution in [-0.4, -0.2) is 44.8 Å². The highest BCUT2D eigenvalue weighted by molar-refractivity contribution is 7.99. The van der Waals surface area contributed by atoms with Crippen molar-refractivity contribution in [1.82, 2.24) is 20.1 Å². The van der Waals surface area contributed by atoms with Crippen molar-refractivity contribution < 1.29 is 4.79 Å². The predicted octanol–water partition coefficient (Wildman–Crippen LogP) is 3.77. The molecule has 0 unspecified atom stereocenters. The molecule has 2 heterocycles. The van der Waals surface area contributed by atoms with Gasteiger partial charge in [-0.15, -0.1) is 16.4 Å². The lowest BCUT2D eigenvalue weighted by atomic mass is 10.1. The summed E-state index contributed by atoms with van der Waals surface area (Å²) < 4.78 is 0. The number of hydrogen-bond acceptors (Lipinski definition) is 5. The molecule has 1 N–H and O–H groups in total. The third-order valence-electron chi connectivity index (χ3n) is 3.07. The molecule has 0 spiro atoms. The number of aromatic amines is 1. The van der Waals surface area contributed by atoms with Gasteiger partial charge in [0.1, 0.15) is 0 Å². The van der Waals surface area contributed by atoms with Gasteiger partial charge in [0.25, 0.3) is 0 Å².